The first-order valence-corrected chi connectivity index (χ1v) is 10.5. The van der Waals surface area contributed by atoms with Gasteiger partial charge in [-0.05, 0) is 0 Å². The first-order chi connectivity index (χ1) is 13.0. The Morgan fingerprint density at radius 2 is 1.64 bits per heavy atom. The van der Waals surface area contributed by atoms with E-state index >= 15 is 0 Å². The fourth-order valence-corrected chi connectivity index (χ4v) is 3.76. The number of alkyl halides is 3. The third-order valence-electron chi connectivity index (χ3n) is 3.90. The molecule has 0 unspecified atom stereocenters. The van der Waals surface area contributed by atoms with Crippen LogP contribution in [0.1, 0.15) is 5.56 Å². The minimum atomic E-state index is -4.70. The van der Waals surface area contributed by atoms with Gasteiger partial charge >= 0.3 is 154 Å². The average Bonchev–Trinajstić information content (AvgIpc) is 2.60. The van der Waals surface area contributed by atoms with Crippen molar-refractivity contribution < 1.29 is 26.0 Å². The van der Waals surface area contributed by atoms with Crippen LogP contribution in [0.15, 0.2) is 53.7 Å². The van der Waals surface area contributed by atoms with Crippen LogP contribution in [-0.2, 0) is 16.0 Å². The Kier molecular flexibility index (Phi) is 5.33. The zero-order valence-electron chi connectivity index (χ0n) is 14.2. The van der Waals surface area contributed by atoms with E-state index < -0.39 is 32.3 Å². The van der Waals surface area contributed by atoms with Gasteiger partial charge in [0.1, 0.15) is 0 Å². The van der Waals surface area contributed by atoms with Gasteiger partial charge in [0.05, 0.1) is 0 Å². The SMILES string of the molecule is CS(=O)(=O)c1cc(C(F)(F)F)ccc1-c1ccc(-c2cnc([As])cn2)c(F)c1. The monoisotopic (exact) mass is 470 g/mol. The molecule has 10 heteroatoms. The molecule has 1 heterocycles. The van der Waals surface area contributed by atoms with Crippen LogP contribution in [0.25, 0.3) is 22.4 Å². The average molecular weight is 470 g/mol. The summed E-state index contributed by atoms with van der Waals surface area (Å²) in [7, 11) is -3.99. The number of nitrogens with zero attached hydrogens (tertiary/aromatic N) is 2. The molecule has 0 aliphatic heterocycles. The molecule has 2 radical (unpaired) electrons. The van der Waals surface area contributed by atoms with Crippen molar-refractivity contribution in [2.24, 2.45) is 0 Å². The molecule has 0 bridgehead atoms. The van der Waals surface area contributed by atoms with Crippen LogP contribution in [0.2, 0.25) is 0 Å². The quantitative estimate of drug-likeness (QED) is 0.436. The van der Waals surface area contributed by atoms with Crippen LogP contribution < -0.4 is 4.48 Å². The standard InChI is InChI=1S/C18H11AsF4N2O2S/c1-28(26,27)16-7-11(18(21,22)23)3-5-12(16)10-2-4-13(14(20)6-10)15-8-25-17(19)9-24-15/h2-9H,1H3. The summed E-state index contributed by atoms with van der Waals surface area (Å²) in [5.74, 6) is -0.704. The molecule has 1 aromatic heterocycles. The van der Waals surface area contributed by atoms with Crippen LogP contribution >= 0.6 is 0 Å². The zero-order chi connectivity index (χ0) is 20.7. The van der Waals surface area contributed by atoms with Crippen molar-refractivity contribution in [1.82, 2.24) is 9.97 Å². The molecule has 2 aromatic carbocycles. The Bertz CT molecular complexity index is 1150. The molecular formula is C18H11AsF4N2O2S. The molecule has 3 aromatic rings. The van der Waals surface area contributed by atoms with Crippen molar-refractivity contribution in [2.45, 2.75) is 11.1 Å². The molecular weight excluding hydrogens is 459 g/mol. The van der Waals surface area contributed by atoms with E-state index in [4.69, 9.17) is 0 Å². The minimum absolute atomic E-state index is 0.0201. The number of sulfone groups is 1. The summed E-state index contributed by atoms with van der Waals surface area (Å²) in [6.45, 7) is 0. The van der Waals surface area contributed by atoms with Gasteiger partial charge in [0, 0.05) is 0 Å². The summed E-state index contributed by atoms with van der Waals surface area (Å²) >= 11 is 2.19. The summed E-state index contributed by atoms with van der Waals surface area (Å²) in [4.78, 5) is 7.56. The van der Waals surface area contributed by atoms with Crippen LogP contribution in [0, 0.1) is 5.82 Å². The topological polar surface area (TPSA) is 59.9 Å². The predicted octanol–water partition coefficient (Wildman–Crippen LogP) is 3.17. The van der Waals surface area contributed by atoms with E-state index in [-0.39, 0.29) is 22.4 Å². The first-order valence-electron chi connectivity index (χ1n) is 7.69. The summed E-state index contributed by atoms with van der Waals surface area (Å²) < 4.78 is 78.1. The maximum atomic E-state index is 14.6. The van der Waals surface area contributed by atoms with Crippen LogP contribution in [0.3, 0.4) is 0 Å². The molecule has 0 spiro atoms. The number of hydrogen-bond acceptors (Lipinski definition) is 4. The zero-order valence-corrected chi connectivity index (χ0v) is 16.9. The molecule has 4 nitrogen and oxygen atoms in total. The number of halogens is 4. The summed E-state index contributed by atoms with van der Waals surface area (Å²) in [6, 6.07) is 6.21. The van der Waals surface area contributed by atoms with Gasteiger partial charge in [-0.15, -0.1) is 0 Å². The molecule has 0 aliphatic carbocycles. The first kappa shape index (κ1) is 20.5. The summed E-state index contributed by atoms with van der Waals surface area (Å²) in [5.41, 5.74) is -0.575. The Labute approximate surface area is 167 Å². The summed E-state index contributed by atoms with van der Waals surface area (Å²) in [6.07, 6.45) is -1.07. The Hall–Kier alpha value is -2.25. The van der Waals surface area contributed by atoms with E-state index in [1.165, 1.54) is 24.5 Å². The third kappa shape index (κ3) is 4.25. The molecule has 0 fully saturated rings. The van der Waals surface area contributed by atoms with Crippen molar-refractivity contribution >= 4 is 31.2 Å². The second-order valence-corrected chi connectivity index (χ2v) is 8.88. The molecule has 0 atom stereocenters. The van der Waals surface area contributed by atoms with Crippen LogP contribution in [0.5, 0.6) is 0 Å². The van der Waals surface area contributed by atoms with E-state index in [1.807, 2.05) is 0 Å². The maximum absolute atomic E-state index is 14.6. The molecule has 28 heavy (non-hydrogen) atoms. The van der Waals surface area contributed by atoms with Gasteiger partial charge in [0.2, 0.25) is 0 Å². The van der Waals surface area contributed by atoms with E-state index in [2.05, 4.69) is 26.8 Å². The summed E-state index contributed by atoms with van der Waals surface area (Å²) in [5, 5.41) is 0. The van der Waals surface area contributed by atoms with Crippen LogP contribution in [0.4, 0.5) is 17.6 Å². The fourth-order valence-electron chi connectivity index (χ4n) is 2.59. The van der Waals surface area contributed by atoms with E-state index in [0.717, 1.165) is 24.5 Å². The normalized spacial score (nSPS) is 12.2. The Morgan fingerprint density at radius 3 is 2.18 bits per heavy atom. The van der Waals surface area contributed by atoms with E-state index in [9.17, 15) is 26.0 Å². The Balaban J connectivity index is 2.13. The van der Waals surface area contributed by atoms with Crippen molar-refractivity contribution in [3.63, 3.8) is 0 Å². The van der Waals surface area contributed by atoms with Gasteiger partial charge in [-0.3, -0.25) is 0 Å². The van der Waals surface area contributed by atoms with Gasteiger partial charge in [-0.2, -0.15) is 13.2 Å². The van der Waals surface area contributed by atoms with Gasteiger partial charge in [-0.25, -0.2) is 0 Å². The molecule has 0 amide bonds. The van der Waals surface area contributed by atoms with Crippen molar-refractivity contribution in [2.75, 3.05) is 6.26 Å². The van der Waals surface area contributed by atoms with Gasteiger partial charge in [-0.1, -0.05) is 0 Å². The van der Waals surface area contributed by atoms with E-state index in [1.54, 1.807) is 0 Å². The second kappa shape index (κ2) is 7.29. The molecule has 0 saturated heterocycles. The Morgan fingerprint density at radius 1 is 0.964 bits per heavy atom. The van der Waals surface area contributed by atoms with Gasteiger partial charge in [0.25, 0.3) is 0 Å². The second-order valence-electron chi connectivity index (χ2n) is 5.94. The number of rotatable bonds is 3. The van der Waals surface area contributed by atoms with Crippen LogP contribution in [-0.4, -0.2) is 41.5 Å². The number of aromatic nitrogens is 2. The molecule has 0 N–H and O–H groups in total. The van der Waals surface area contributed by atoms with Crippen molar-refractivity contribution in [1.29, 1.82) is 0 Å². The molecule has 144 valence electrons. The van der Waals surface area contributed by atoms with Gasteiger partial charge < -0.3 is 0 Å². The third-order valence-corrected chi connectivity index (χ3v) is 5.52. The van der Waals surface area contributed by atoms with Crippen molar-refractivity contribution in [3.8, 4) is 22.4 Å². The predicted molar refractivity (Wildman–Crippen MR) is 96.4 cm³/mol. The number of hydrogen-bond donors (Lipinski definition) is 0. The molecule has 0 saturated carbocycles. The van der Waals surface area contributed by atoms with Crippen molar-refractivity contribution in [3.05, 3.63) is 60.2 Å². The van der Waals surface area contributed by atoms with Gasteiger partial charge in [0.15, 0.2) is 0 Å². The molecule has 3 rings (SSSR count). The van der Waals surface area contributed by atoms with E-state index in [0.29, 0.717) is 10.5 Å². The molecule has 0 aliphatic rings. The fraction of sp³-hybridized carbons (Fsp3) is 0.111. The number of benzene rings is 2.